The van der Waals surface area contributed by atoms with E-state index in [0.717, 1.165) is 11.1 Å². The number of H-pyrrole nitrogens is 1. The van der Waals surface area contributed by atoms with Crippen LogP contribution in [0.1, 0.15) is 5.56 Å². The molecule has 0 aliphatic heterocycles. The Bertz CT molecular complexity index is 1390. The van der Waals surface area contributed by atoms with Crippen LogP contribution in [0, 0.1) is 12.7 Å². The van der Waals surface area contributed by atoms with Crippen LogP contribution in [0.5, 0.6) is 0 Å². The van der Waals surface area contributed by atoms with E-state index in [0.29, 0.717) is 28.7 Å². The molecule has 3 N–H and O–H groups in total. The first-order valence-corrected chi connectivity index (χ1v) is 10.0. The molecule has 0 spiro atoms. The second-order valence-corrected chi connectivity index (χ2v) is 7.57. The van der Waals surface area contributed by atoms with Crippen molar-refractivity contribution < 1.29 is 8.91 Å². The van der Waals surface area contributed by atoms with Gasteiger partial charge in [-0.25, -0.2) is 9.37 Å². The zero-order valence-corrected chi connectivity index (χ0v) is 17.6. The lowest BCUT2D eigenvalue weighted by Crippen LogP contribution is -1.90. The average molecular weight is 447 g/mol. The number of aryl methyl sites for hydroxylation is 1. The zero-order chi connectivity index (χ0) is 22.2. The second-order valence-electron chi connectivity index (χ2n) is 7.17. The minimum Gasteiger partial charge on any atom is -0.383 e. The molecule has 5 aromatic rings. The fourth-order valence-electron chi connectivity index (χ4n) is 3.26. The molecule has 7 nitrogen and oxygen atoms in total. The molecule has 158 valence electrons. The average Bonchev–Trinajstić information content (AvgIpc) is 3.42. The molecule has 0 unspecified atom stereocenters. The van der Waals surface area contributed by atoms with Crippen LogP contribution in [0.3, 0.4) is 0 Å². The summed E-state index contributed by atoms with van der Waals surface area (Å²) in [5, 5.41) is 4.26. The summed E-state index contributed by atoms with van der Waals surface area (Å²) in [5.74, 6) is 0.791. The number of nitrogens with two attached hydrogens (primary N) is 1. The highest BCUT2D eigenvalue weighted by molar-refractivity contribution is 6.33. The standard InChI is InChI=1S/C23H16ClFN6O/c1-12-5-7-13(8-6-12)21-30-23(32-31-21)17-10-9-14(11-27-17)19-20(26)29-22(28-19)18-15(24)3-2-4-16(18)25/h2-11H,26H2,1H3,(H,28,29). The number of nitrogens with zero attached hydrogens (tertiary/aromatic N) is 4. The van der Waals surface area contributed by atoms with E-state index in [4.69, 9.17) is 21.9 Å². The Labute approximate surface area is 187 Å². The molecular formula is C23H16ClFN6O. The van der Waals surface area contributed by atoms with E-state index < -0.39 is 5.82 Å². The highest BCUT2D eigenvalue weighted by atomic mass is 35.5. The largest absolute Gasteiger partial charge is 0.383 e. The molecule has 5 rings (SSSR count). The molecule has 0 saturated carbocycles. The van der Waals surface area contributed by atoms with Crippen molar-refractivity contribution in [2.24, 2.45) is 0 Å². The predicted molar refractivity (Wildman–Crippen MR) is 120 cm³/mol. The predicted octanol–water partition coefficient (Wildman–Crippen LogP) is 5.54. The Hall–Kier alpha value is -4.04. The fourth-order valence-corrected chi connectivity index (χ4v) is 3.51. The number of hydrogen-bond acceptors (Lipinski definition) is 6. The van der Waals surface area contributed by atoms with Crippen LogP contribution in [0.15, 0.2) is 65.3 Å². The van der Waals surface area contributed by atoms with Crippen LogP contribution in [-0.4, -0.2) is 25.1 Å². The molecule has 0 aliphatic rings. The van der Waals surface area contributed by atoms with E-state index >= 15 is 0 Å². The van der Waals surface area contributed by atoms with E-state index in [1.54, 1.807) is 24.4 Å². The number of halogens is 2. The Morgan fingerprint density at radius 3 is 2.50 bits per heavy atom. The van der Waals surface area contributed by atoms with E-state index in [-0.39, 0.29) is 22.2 Å². The molecule has 2 aromatic carbocycles. The first kappa shape index (κ1) is 19.9. The van der Waals surface area contributed by atoms with E-state index in [1.807, 2.05) is 31.2 Å². The summed E-state index contributed by atoms with van der Waals surface area (Å²) in [6, 6.07) is 15.8. The molecule has 0 aliphatic carbocycles. The third-order valence-electron chi connectivity index (χ3n) is 4.92. The van der Waals surface area contributed by atoms with Gasteiger partial charge in [0.1, 0.15) is 28.8 Å². The van der Waals surface area contributed by atoms with Crippen molar-refractivity contribution in [2.75, 3.05) is 5.73 Å². The van der Waals surface area contributed by atoms with Gasteiger partial charge in [-0.1, -0.05) is 52.7 Å². The van der Waals surface area contributed by atoms with Crippen LogP contribution < -0.4 is 5.73 Å². The maximum Gasteiger partial charge on any atom is 0.276 e. The van der Waals surface area contributed by atoms with Crippen LogP contribution in [0.4, 0.5) is 10.2 Å². The number of aromatic amines is 1. The number of nitrogens with one attached hydrogen (secondary N) is 1. The van der Waals surface area contributed by atoms with E-state index in [2.05, 4.69) is 25.1 Å². The van der Waals surface area contributed by atoms with Crippen LogP contribution >= 0.6 is 11.6 Å². The van der Waals surface area contributed by atoms with Crippen molar-refractivity contribution in [3.05, 3.63) is 77.2 Å². The Morgan fingerprint density at radius 1 is 1.00 bits per heavy atom. The first-order valence-electron chi connectivity index (χ1n) is 9.67. The number of benzene rings is 2. The molecule has 3 heterocycles. The number of nitrogen functional groups attached to an aromatic ring is 1. The van der Waals surface area contributed by atoms with Gasteiger partial charge in [-0.2, -0.15) is 4.98 Å². The van der Waals surface area contributed by atoms with Gasteiger partial charge in [0.25, 0.3) is 5.89 Å². The number of anilines is 1. The first-order chi connectivity index (χ1) is 15.5. The van der Waals surface area contributed by atoms with Gasteiger partial charge in [-0.15, -0.1) is 0 Å². The Balaban J connectivity index is 1.44. The quantitative estimate of drug-likeness (QED) is 0.375. The lowest BCUT2D eigenvalue weighted by molar-refractivity contribution is 0.431. The molecule has 0 amide bonds. The third kappa shape index (κ3) is 3.61. The number of rotatable bonds is 4. The highest BCUT2D eigenvalue weighted by Gasteiger charge is 2.18. The third-order valence-corrected chi connectivity index (χ3v) is 5.24. The van der Waals surface area contributed by atoms with Crippen molar-refractivity contribution in [2.45, 2.75) is 6.92 Å². The lowest BCUT2D eigenvalue weighted by atomic mass is 10.1. The number of imidazole rings is 1. The minimum atomic E-state index is -0.493. The smallest absolute Gasteiger partial charge is 0.276 e. The van der Waals surface area contributed by atoms with Crippen molar-refractivity contribution >= 4 is 17.4 Å². The molecule has 0 bridgehead atoms. The van der Waals surface area contributed by atoms with Gasteiger partial charge in [-0.3, -0.25) is 4.98 Å². The van der Waals surface area contributed by atoms with E-state index in [1.165, 1.54) is 12.1 Å². The van der Waals surface area contributed by atoms with Crippen LogP contribution in [-0.2, 0) is 0 Å². The maximum absolute atomic E-state index is 14.2. The summed E-state index contributed by atoms with van der Waals surface area (Å²) in [4.78, 5) is 16.1. The molecule has 32 heavy (non-hydrogen) atoms. The fraction of sp³-hybridized carbons (Fsp3) is 0.0435. The SMILES string of the molecule is Cc1ccc(-c2noc(-c3ccc(-c4nc(-c5c(F)cccc5Cl)[nH]c4N)cn3)n2)cc1. The minimum absolute atomic E-state index is 0.159. The maximum atomic E-state index is 14.2. The van der Waals surface area contributed by atoms with Gasteiger partial charge >= 0.3 is 0 Å². The summed E-state index contributed by atoms with van der Waals surface area (Å²) < 4.78 is 19.6. The molecule has 9 heteroatoms. The number of hydrogen-bond donors (Lipinski definition) is 2. The topological polar surface area (TPSA) is 107 Å². The summed E-state index contributed by atoms with van der Waals surface area (Å²) >= 11 is 6.14. The van der Waals surface area contributed by atoms with Crippen molar-refractivity contribution in [3.8, 4) is 45.6 Å². The summed E-state index contributed by atoms with van der Waals surface area (Å²) in [6.45, 7) is 2.01. The molecular weight excluding hydrogens is 431 g/mol. The zero-order valence-electron chi connectivity index (χ0n) is 16.8. The molecule has 0 atom stereocenters. The van der Waals surface area contributed by atoms with Crippen LogP contribution in [0.2, 0.25) is 5.02 Å². The molecule has 3 aromatic heterocycles. The van der Waals surface area contributed by atoms with E-state index in [9.17, 15) is 4.39 Å². The van der Waals surface area contributed by atoms with Crippen molar-refractivity contribution in [1.82, 2.24) is 25.1 Å². The summed E-state index contributed by atoms with van der Waals surface area (Å²) in [6.07, 6.45) is 1.59. The molecule has 0 saturated heterocycles. The van der Waals surface area contributed by atoms with Gasteiger partial charge in [-0.05, 0) is 31.2 Å². The summed E-state index contributed by atoms with van der Waals surface area (Å²) in [7, 11) is 0. The number of aromatic nitrogens is 5. The number of pyridine rings is 1. The van der Waals surface area contributed by atoms with Crippen LogP contribution in [0.25, 0.3) is 45.6 Å². The van der Waals surface area contributed by atoms with Crippen molar-refractivity contribution in [3.63, 3.8) is 0 Å². The lowest BCUT2D eigenvalue weighted by Gasteiger charge is -2.01. The monoisotopic (exact) mass is 446 g/mol. The normalized spacial score (nSPS) is 11.1. The van der Waals surface area contributed by atoms with Gasteiger partial charge in [0.2, 0.25) is 5.82 Å². The Kier molecular flexibility index (Phi) is 4.91. The summed E-state index contributed by atoms with van der Waals surface area (Å²) in [5.41, 5.74) is 9.82. The van der Waals surface area contributed by atoms with Gasteiger partial charge in [0, 0.05) is 17.3 Å². The highest BCUT2D eigenvalue weighted by Crippen LogP contribution is 2.33. The van der Waals surface area contributed by atoms with Gasteiger partial charge in [0.15, 0.2) is 0 Å². The van der Waals surface area contributed by atoms with Gasteiger partial charge < -0.3 is 15.2 Å². The Morgan fingerprint density at radius 2 is 1.78 bits per heavy atom. The molecule has 0 radical (unpaired) electrons. The van der Waals surface area contributed by atoms with Crippen molar-refractivity contribution in [1.29, 1.82) is 0 Å². The molecule has 0 fully saturated rings. The van der Waals surface area contributed by atoms with Gasteiger partial charge in [0.05, 0.1) is 10.6 Å². The second kappa shape index (κ2) is 7.90.